The average Bonchev–Trinajstić information content (AvgIpc) is 2.52. The van der Waals surface area contributed by atoms with Gasteiger partial charge < -0.3 is 9.47 Å². The van der Waals surface area contributed by atoms with Gasteiger partial charge in [-0.1, -0.05) is 6.42 Å². The van der Waals surface area contributed by atoms with Crippen LogP contribution < -0.4 is 0 Å². The minimum Gasteiger partial charge on any atom is -0.465 e. The van der Waals surface area contributed by atoms with Gasteiger partial charge in [-0.25, -0.2) is 0 Å². The Labute approximate surface area is 99.5 Å². The number of carbonyl (C=O) groups is 3. The molecule has 1 aliphatic heterocycles. The molecule has 2 fully saturated rings. The van der Waals surface area contributed by atoms with Crippen LogP contribution in [-0.2, 0) is 23.9 Å². The largest absolute Gasteiger partial charge is 0.465 e. The summed E-state index contributed by atoms with van der Waals surface area (Å²) < 4.78 is 9.92. The van der Waals surface area contributed by atoms with E-state index in [1.165, 1.54) is 0 Å². The molecule has 2 aliphatic rings. The van der Waals surface area contributed by atoms with Crippen LogP contribution in [0, 0.1) is 11.8 Å². The topological polar surface area (TPSA) is 69.7 Å². The fourth-order valence-electron chi connectivity index (χ4n) is 2.58. The molecule has 1 aliphatic carbocycles. The van der Waals surface area contributed by atoms with Gasteiger partial charge in [-0.15, -0.1) is 0 Å². The smallest absolute Gasteiger partial charge is 0.321 e. The summed E-state index contributed by atoms with van der Waals surface area (Å²) in [6, 6.07) is 0. The van der Waals surface area contributed by atoms with Crippen molar-refractivity contribution in [1.82, 2.24) is 0 Å². The van der Waals surface area contributed by atoms with E-state index in [-0.39, 0.29) is 18.3 Å². The van der Waals surface area contributed by atoms with Gasteiger partial charge in [0.25, 0.3) is 0 Å². The van der Waals surface area contributed by atoms with E-state index in [9.17, 15) is 14.4 Å². The van der Waals surface area contributed by atoms with Crippen molar-refractivity contribution in [2.75, 3.05) is 6.61 Å². The van der Waals surface area contributed by atoms with Crippen molar-refractivity contribution in [2.45, 2.75) is 38.7 Å². The fourth-order valence-corrected chi connectivity index (χ4v) is 2.58. The zero-order chi connectivity index (χ0) is 12.4. The lowest BCUT2D eigenvalue weighted by Crippen LogP contribution is -2.31. The molecule has 0 aromatic carbocycles. The van der Waals surface area contributed by atoms with Crippen LogP contribution in [0.25, 0.3) is 0 Å². The number of ketones is 1. The number of esters is 2. The Kier molecular flexibility index (Phi) is 3.45. The van der Waals surface area contributed by atoms with E-state index in [0.29, 0.717) is 12.8 Å². The minimum absolute atomic E-state index is 0.0624. The summed E-state index contributed by atoms with van der Waals surface area (Å²) in [4.78, 5) is 35.1. The number of Topliss-reactive ketones (excluding diaryl/α,β-unsaturated/α-hetero) is 1. The third kappa shape index (κ3) is 2.18. The molecule has 3 atom stereocenters. The predicted molar refractivity (Wildman–Crippen MR) is 57.0 cm³/mol. The molecule has 0 spiro atoms. The first-order chi connectivity index (χ1) is 8.15. The molecule has 0 bridgehead atoms. The number of hydrogen-bond acceptors (Lipinski definition) is 5. The lowest BCUT2D eigenvalue weighted by Gasteiger charge is -2.15. The van der Waals surface area contributed by atoms with E-state index in [1.54, 1.807) is 6.92 Å². The van der Waals surface area contributed by atoms with Crippen molar-refractivity contribution in [3.05, 3.63) is 0 Å². The second-order valence-electron chi connectivity index (χ2n) is 4.46. The van der Waals surface area contributed by atoms with Crippen molar-refractivity contribution >= 4 is 17.7 Å². The second kappa shape index (κ2) is 4.85. The first kappa shape index (κ1) is 12.1. The maximum atomic E-state index is 11.7. The molecule has 1 saturated carbocycles. The van der Waals surface area contributed by atoms with Crippen molar-refractivity contribution < 1.29 is 23.9 Å². The normalized spacial score (nSPS) is 32.6. The van der Waals surface area contributed by atoms with E-state index < -0.39 is 24.0 Å². The van der Waals surface area contributed by atoms with Gasteiger partial charge in [0.1, 0.15) is 0 Å². The van der Waals surface area contributed by atoms with Gasteiger partial charge in [0.05, 0.1) is 6.61 Å². The molecular formula is C12H16O5. The number of ether oxygens (including phenoxy) is 2. The summed E-state index contributed by atoms with van der Waals surface area (Å²) in [5.74, 6) is -2.44. The summed E-state index contributed by atoms with van der Waals surface area (Å²) in [7, 11) is 0. The highest BCUT2D eigenvalue weighted by Crippen LogP contribution is 2.36. The van der Waals surface area contributed by atoms with Gasteiger partial charge in [-0.05, 0) is 19.8 Å². The summed E-state index contributed by atoms with van der Waals surface area (Å²) >= 11 is 0. The summed E-state index contributed by atoms with van der Waals surface area (Å²) in [6.07, 6.45) is 2.04. The molecule has 0 radical (unpaired) electrons. The van der Waals surface area contributed by atoms with Gasteiger partial charge in [-0.3, -0.25) is 14.4 Å². The molecule has 1 saturated heterocycles. The Morgan fingerprint density at radius 1 is 1.41 bits per heavy atom. The monoisotopic (exact) mass is 240 g/mol. The zero-order valence-electron chi connectivity index (χ0n) is 9.81. The molecule has 0 amide bonds. The molecule has 17 heavy (non-hydrogen) atoms. The maximum Gasteiger partial charge on any atom is 0.321 e. The maximum absolute atomic E-state index is 11.7. The first-order valence-corrected chi connectivity index (χ1v) is 6.05. The summed E-state index contributed by atoms with van der Waals surface area (Å²) in [5.41, 5.74) is 0. The van der Waals surface area contributed by atoms with Crippen LogP contribution in [0.1, 0.15) is 32.6 Å². The molecule has 0 aromatic heterocycles. The average molecular weight is 240 g/mol. The second-order valence-corrected chi connectivity index (χ2v) is 4.46. The Balaban J connectivity index is 2.19. The number of carbonyl (C=O) groups excluding carboxylic acids is 3. The Bertz CT molecular complexity index is 349. The molecule has 1 heterocycles. The first-order valence-electron chi connectivity index (χ1n) is 6.05. The van der Waals surface area contributed by atoms with Gasteiger partial charge in [0, 0.05) is 12.3 Å². The summed E-state index contributed by atoms with van der Waals surface area (Å²) in [6.45, 7) is 1.92. The molecule has 94 valence electrons. The van der Waals surface area contributed by atoms with Crippen molar-refractivity contribution in [3.8, 4) is 0 Å². The molecule has 0 N–H and O–H groups in total. The lowest BCUT2D eigenvalue weighted by atomic mass is 9.86. The van der Waals surface area contributed by atoms with Crippen molar-refractivity contribution in [1.29, 1.82) is 0 Å². The molecule has 5 nitrogen and oxygen atoms in total. The zero-order valence-corrected chi connectivity index (χ0v) is 9.81. The van der Waals surface area contributed by atoms with Gasteiger partial charge >= 0.3 is 11.9 Å². The van der Waals surface area contributed by atoms with Gasteiger partial charge in [-0.2, -0.15) is 0 Å². The van der Waals surface area contributed by atoms with E-state index in [0.717, 1.165) is 12.8 Å². The molecule has 0 aromatic rings. The molecule has 0 unspecified atom stereocenters. The van der Waals surface area contributed by atoms with Crippen molar-refractivity contribution in [3.63, 3.8) is 0 Å². The van der Waals surface area contributed by atoms with Gasteiger partial charge in [0.2, 0.25) is 0 Å². The van der Waals surface area contributed by atoms with E-state index in [2.05, 4.69) is 0 Å². The van der Waals surface area contributed by atoms with E-state index >= 15 is 0 Å². The highest BCUT2D eigenvalue weighted by molar-refractivity contribution is 6.00. The van der Waals surface area contributed by atoms with Crippen LogP contribution in [0.4, 0.5) is 0 Å². The minimum atomic E-state index is -0.901. The van der Waals surface area contributed by atoms with Crippen LogP contribution in [-0.4, -0.2) is 30.4 Å². The Morgan fingerprint density at radius 2 is 2.18 bits per heavy atom. The number of rotatable bonds is 2. The quantitative estimate of drug-likeness (QED) is 0.528. The molecular weight excluding hydrogens is 224 g/mol. The van der Waals surface area contributed by atoms with Crippen LogP contribution in [0.3, 0.4) is 0 Å². The van der Waals surface area contributed by atoms with Crippen molar-refractivity contribution in [2.24, 2.45) is 11.8 Å². The Morgan fingerprint density at radius 3 is 2.88 bits per heavy atom. The van der Waals surface area contributed by atoms with Crippen LogP contribution >= 0.6 is 0 Å². The predicted octanol–water partition coefficient (Wildman–Crippen LogP) is 0.850. The Hall–Kier alpha value is -1.39. The van der Waals surface area contributed by atoms with Crippen LogP contribution in [0.15, 0.2) is 0 Å². The highest BCUT2D eigenvalue weighted by atomic mass is 16.6. The molecule has 2 rings (SSSR count). The standard InChI is InChI=1S/C12H16O5/c1-2-16-11(14)9-7-5-3-4-6-8(13)10(7)17-12(9)15/h7,9-10H,2-6H2,1H3/t7-,9-,10+/m0/s1. The highest BCUT2D eigenvalue weighted by Gasteiger charge is 2.52. The third-order valence-corrected chi connectivity index (χ3v) is 3.38. The van der Waals surface area contributed by atoms with E-state index in [4.69, 9.17) is 9.47 Å². The molecule has 5 heteroatoms. The summed E-state index contributed by atoms with van der Waals surface area (Å²) in [5, 5.41) is 0. The van der Waals surface area contributed by atoms with Crippen LogP contribution in [0.5, 0.6) is 0 Å². The fraction of sp³-hybridized carbons (Fsp3) is 0.750. The SMILES string of the molecule is CCOC(=O)[C@H]1C(=O)O[C@H]2C(=O)CCCC[C@@H]12. The third-order valence-electron chi connectivity index (χ3n) is 3.38. The van der Waals surface area contributed by atoms with Crippen LogP contribution in [0.2, 0.25) is 0 Å². The lowest BCUT2D eigenvalue weighted by molar-refractivity contribution is -0.157. The van der Waals surface area contributed by atoms with Gasteiger partial charge in [0.15, 0.2) is 17.8 Å². The number of fused-ring (bicyclic) bond motifs is 1. The number of hydrogen-bond donors (Lipinski definition) is 0. The van der Waals surface area contributed by atoms with E-state index in [1.807, 2.05) is 0 Å².